The monoisotopic (exact) mass is 277 g/mol. The van der Waals surface area contributed by atoms with E-state index in [0.717, 1.165) is 29.6 Å². The standard InChI is InChI=1S/C14H19N3OS/c1-10-6-13(11(2)18-10)8-17-14(15-3)16-7-12-4-5-19-9-12/h4-6,9H,7-8H2,1-3H3,(H2,15,16,17). The molecule has 0 aliphatic heterocycles. The lowest BCUT2D eigenvalue weighted by molar-refractivity contribution is 0.500. The van der Waals surface area contributed by atoms with Crippen molar-refractivity contribution in [3.63, 3.8) is 0 Å². The van der Waals surface area contributed by atoms with E-state index in [1.165, 1.54) is 5.56 Å². The van der Waals surface area contributed by atoms with Gasteiger partial charge in [-0.3, -0.25) is 4.99 Å². The van der Waals surface area contributed by atoms with Crippen molar-refractivity contribution in [1.29, 1.82) is 0 Å². The van der Waals surface area contributed by atoms with E-state index in [2.05, 4.69) is 38.5 Å². The van der Waals surface area contributed by atoms with Gasteiger partial charge in [0.05, 0.1) is 0 Å². The summed E-state index contributed by atoms with van der Waals surface area (Å²) < 4.78 is 5.50. The Labute approximate surface area is 117 Å². The van der Waals surface area contributed by atoms with Crippen LogP contribution in [-0.4, -0.2) is 13.0 Å². The van der Waals surface area contributed by atoms with Gasteiger partial charge in [-0.25, -0.2) is 0 Å². The predicted octanol–water partition coefficient (Wildman–Crippen LogP) is 2.82. The summed E-state index contributed by atoms with van der Waals surface area (Å²) in [5, 5.41) is 10.8. The van der Waals surface area contributed by atoms with Gasteiger partial charge in [0.15, 0.2) is 5.96 Å². The zero-order chi connectivity index (χ0) is 13.7. The highest BCUT2D eigenvalue weighted by atomic mass is 32.1. The van der Waals surface area contributed by atoms with Crippen LogP contribution in [0.2, 0.25) is 0 Å². The highest BCUT2D eigenvalue weighted by Gasteiger charge is 2.05. The van der Waals surface area contributed by atoms with Crippen molar-refractivity contribution < 1.29 is 4.42 Å². The second-order valence-electron chi connectivity index (χ2n) is 4.35. The van der Waals surface area contributed by atoms with Gasteiger partial charge in [-0.1, -0.05) is 0 Å². The van der Waals surface area contributed by atoms with Gasteiger partial charge < -0.3 is 15.1 Å². The van der Waals surface area contributed by atoms with Crippen molar-refractivity contribution in [3.8, 4) is 0 Å². The molecule has 2 N–H and O–H groups in total. The number of aliphatic imine (C=N–C) groups is 1. The van der Waals surface area contributed by atoms with Gasteiger partial charge in [0.2, 0.25) is 0 Å². The number of hydrogen-bond donors (Lipinski definition) is 2. The van der Waals surface area contributed by atoms with Gasteiger partial charge in [-0.05, 0) is 42.3 Å². The number of aryl methyl sites for hydroxylation is 2. The molecule has 0 fully saturated rings. The van der Waals surface area contributed by atoms with Crippen molar-refractivity contribution in [2.45, 2.75) is 26.9 Å². The molecule has 0 aliphatic carbocycles. The average molecular weight is 277 g/mol. The number of nitrogens with zero attached hydrogens (tertiary/aromatic N) is 1. The molecule has 2 aromatic heterocycles. The molecule has 0 spiro atoms. The summed E-state index contributed by atoms with van der Waals surface area (Å²) in [7, 11) is 1.77. The number of furan rings is 1. The summed E-state index contributed by atoms with van der Waals surface area (Å²) in [5.41, 5.74) is 2.43. The fourth-order valence-electron chi connectivity index (χ4n) is 1.84. The van der Waals surface area contributed by atoms with E-state index in [9.17, 15) is 0 Å². The molecular weight excluding hydrogens is 258 g/mol. The van der Waals surface area contributed by atoms with Crippen LogP contribution in [0.15, 0.2) is 32.3 Å². The SMILES string of the molecule is CN=C(NCc1ccsc1)NCc1cc(C)oc1C. The third-order valence-electron chi connectivity index (χ3n) is 2.85. The quantitative estimate of drug-likeness (QED) is 0.667. The highest BCUT2D eigenvalue weighted by Crippen LogP contribution is 2.13. The Morgan fingerprint density at radius 2 is 2.11 bits per heavy atom. The summed E-state index contributed by atoms with van der Waals surface area (Å²) in [6, 6.07) is 4.16. The van der Waals surface area contributed by atoms with E-state index in [1.54, 1.807) is 18.4 Å². The third-order valence-corrected chi connectivity index (χ3v) is 3.59. The normalized spacial score (nSPS) is 11.6. The molecule has 2 aromatic rings. The Morgan fingerprint density at radius 3 is 2.68 bits per heavy atom. The van der Waals surface area contributed by atoms with Gasteiger partial charge in [0.1, 0.15) is 11.5 Å². The Hall–Kier alpha value is -1.75. The smallest absolute Gasteiger partial charge is 0.191 e. The van der Waals surface area contributed by atoms with E-state index in [1.807, 2.05) is 13.8 Å². The zero-order valence-corrected chi connectivity index (χ0v) is 12.3. The topological polar surface area (TPSA) is 49.6 Å². The number of thiophene rings is 1. The number of rotatable bonds is 4. The van der Waals surface area contributed by atoms with E-state index >= 15 is 0 Å². The summed E-state index contributed by atoms with van der Waals surface area (Å²) in [6.45, 7) is 5.44. The minimum Gasteiger partial charge on any atom is -0.466 e. The second-order valence-corrected chi connectivity index (χ2v) is 5.13. The van der Waals surface area contributed by atoms with Crippen LogP contribution >= 0.6 is 11.3 Å². The van der Waals surface area contributed by atoms with Crippen LogP contribution < -0.4 is 10.6 Å². The summed E-state index contributed by atoms with van der Waals surface area (Å²) in [6.07, 6.45) is 0. The van der Waals surface area contributed by atoms with E-state index < -0.39 is 0 Å². The highest BCUT2D eigenvalue weighted by molar-refractivity contribution is 7.07. The molecule has 0 aromatic carbocycles. The lowest BCUT2D eigenvalue weighted by Gasteiger charge is -2.10. The van der Waals surface area contributed by atoms with Crippen molar-refractivity contribution in [1.82, 2.24) is 10.6 Å². The molecule has 2 heterocycles. The van der Waals surface area contributed by atoms with E-state index in [-0.39, 0.29) is 0 Å². The molecular formula is C14H19N3OS. The Balaban J connectivity index is 1.84. The predicted molar refractivity (Wildman–Crippen MR) is 79.5 cm³/mol. The maximum atomic E-state index is 5.50. The molecule has 0 saturated heterocycles. The minimum atomic E-state index is 0.715. The van der Waals surface area contributed by atoms with Crippen molar-refractivity contribution in [2.24, 2.45) is 4.99 Å². The summed E-state index contributed by atoms with van der Waals surface area (Å²) >= 11 is 1.70. The Kier molecular flexibility index (Phi) is 4.63. The zero-order valence-electron chi connectivity index (χ0n) is 11.5. The first kappa shape index (κ1) is 13.7. The maximum absolute atomic E-state index is 5.50. The number of guanidine groups is 1. The lowest BCUT2D eigenvalue weighted by atomic mass is 10.2. The molecule has 0 aliphatic rings. The molecule has 0 amide bonds. The van der Waals surface area contributed by atoms with Crippen molar-refractivity contribution in [3.05, 3.63) is 45.5 Å². The average Bonchev–Trinajstić information content (AvgIpc) is 3.00. The second kappa shape index (κ2) is 6.43. The van der Waals surface area contributed by atoms with E-state index in [0.29, 0.717) is 6.54 Å². The van der Waals surface area contributed by atoms with Crippen LogP contribution in [0.4, 0.5) is 0 Å². The third kappa shape index (κ3) is 3.86. The molecule has 19 heavy (non-hydrogen) atoms. The summed E-state index contributed by atoms with van der Waals surface area (Å²) in [5.74, 6) is 2.69. The maximum Gasteiger partial charge on any atom is 0.191 e. The molecule has 0 bridgehead atoms. The first-order valence-electron chi connectivity index (χ1n) is 6.20. The van der Waals surface area contributed by atoms with Crippen LogP contribution in [0.3, 0.4) is 0 Å². The molecule has 0 saturated carbocycles. The molecule has 102 valence electrons. The first-order valence-corrected chi connectivity index (χ1v) is 7.15. The van der Waals surface area contributed by atoms with Gasteiger partial charge in [0.25, 0.3) is 0 Å². The molecule has 5 heteroatoms. The molecule has 0 radical (unpaired) electrons. The largest absolute Gasteiger partial charge is 0.466 e. The van der Waals surface area contributed by atoms with E-state index in [4.69, 9.17) is 4.42 Å². The molecule has 0 atom stereocenters. The Morgan fingerprint density at radius 1 is 1.32 bits per heavy atom. The lowest BCUT2D eigenvalue weighted by Crippen LogP contribution is -2.36. The van der Waals surface area contributed by atoms with Gasteiger partial charge in [-0.15, -0.1) is 0 Å². The van der Waals surface area contributed by atoms with Gasteiger partial charge in [0, 0.05) is 25.7 Å². The summed E-state index contributed by atoms with van der Waals surface area (Å²) in [4.78, 5) is 4.21. The van der Waals surface area contributed by atoms with Crippen LogP contribution in [0, 0.1) is 13.8 Å². The van der Waals surface area contributed by atoms with Crippen LogP contribution in [0.5, 0.6) is 0 Å². The first-order chi connectivity index (χ1) is 9.19. The van der Waals surface area contributed by atoms with Crippen molar-refractivity contribution in [2.75, 3.05) is 7.05 Å². The minimum absolute atomic E-state index is 0.715. The molecule has 2 rings (SSSR count). The van der Waals surface area contributed by atoms with Crippen LogP contribution in [0.25, 0.3) is 0 Å². The fraction of sp³-hybridized carbons (Fsp3) is 0.357. The number of hydrogen-bond acceptors (Lipinski definition) is 3. The fourth-order valence-corrected chi connectivity index (χ4v) is 2.51. The Bertz CT molecular complexity index is 543. The van der Waals surface area contributed by atoms with Gasteiger partial charge >= 0.3 is 0 Å². The van der Waals surface area contributed by atoms with Crippen LogP contribution in [0.1, 0.15) is 22.6 Å². The van der Waals surface area contributed by atoms with Crippen LogP contribution in [-0.2, 0) is 13.1 Å². The molecule has 0 unspecified atom stereocenters. The van der Waals surface area contributed by atoms with Crippen molar-refractivity contribution >= 4 is 17.3 Å². The number of nitrogens with one attached hydrogen (secondary N) is 2. The van der Waals surface area contributed by atoms with Gasteiger partial charge in [-0.2, -0.15) is 11.3 Å². The molecule has 4 nitrogen and oxygen atoms in total.